The van der Waals surface area contributed by atoms with E-state index in [4.69, 9.17) is 29.0 Å². The number of anilines is 1. The lowest BCUT2D eigenvalue weighted by molar-refractivity contribution is 0.672. The number of aromatic nitrogens is 1. The maximum atomic E-state index is 6.22. The van der Waals surface area contributed by atoms with Crippen LogP contribution in [-0.4, -0.2) is 4.98 Å². The van der Waals surface area contributed by atoms with Crippen LogP contribution >= 0.6 is 23.2 Å². The molecule has 3 nitrogen and oxygen atoms in total. The number of hydrazine groups is 1. The van der Waals surface area contributed by atoms with E-state index in [0.717, 1.165) is 35.1 Å². The highest BCUT2D eigenvalue weighted by atomic mass is 35.5. The molecule has 0 saturated heterocycles. The molecule has 0 fully saturated rings. The van der Waals surface area contributed by atoms with Gasteiger partial charge in [0.2, 0.25) is 0 Å². The van der Waals surface area contributed by atoms with E-state index in [-0.39, 0.29) is 0 Å². The minimum atomic E-state index is 0.572. The molecule has 5 heteroatoms. The lowest BCUT2D eigenvalue weighted by Crippen LogP contribution is -2.15. The maximum absolute atomic E-state index is 6.22. The van der Waals surface area contributed by atoms with Crippen molar-refractivity contribution in [1.82, 2.24) is 4.98 Å². The van der Waals surface area contributed by atoms with Crippen molar-refractivity contribution >= 4 is 39.8 Å². The van der Waals surface area contributed by atoms with Gasteiger partial charge in [-0.2, -0.15) is 0 Å². The number of rotatable bonds is 1. The first-order valence-electron chi connectivity index (χ1n) is 5.98. The first-order valence-corrected chi connectivity index (χ1v) is 6.73. The molecule has 3 rings (SSSR count). The number of nitrogens with one attached hydrogen (secondary N) is 1. The van der Waals surface area contributed by atoms with E-state index in [2.05, 4.69) is 10.4 Å². The van der Waals surface area contributed by atoms with Crippen LogP contribution in [0.25, 0.3) is 10.9 Å². The predicted octanol–water partition coefficient (Wildman–Crippen LogP) is 3.71. The number of nitrogen functional groups attached to an aromatic ring is 1. The molecule has 3 N–H and O–H groups in total. The number of nitrogens with zero attached hydrogens (tertiary/aromatic N) is 1. The summed E-state index contributed by atoms with van der Waals surface area (Å²) in [6, 6.07) is 3.58. The highest BCUT2D eigenvalue weighted by molar-refractivity contribution is 6.38. The van der Waals surface area contributed by atoms with Crippen molar-refractivity contribution in [3.8, 4) is 0 Å². The van der Waals surface area contributed by atoms with Gasteiger partial charge >= 0.3 is 0 Å². The number of benzene rings is 1. The number of aryl methyl sites for hydroxylation is 1. The molecular formula is C13H13Cl2N3. The molecule has 0 bridgehead atoms. The average molecular weight is 282 g/mol. The zero-order valence-corrected chi connectivity index (χ0v) is 11.3. The summed E-state index contributed by atoms with van der Waals surface area (Å²) in [5, 5.41) is 2.07. The van der Waals surface area contributed by atoms with Crippen molar-refractivity contribution in [2.75, 3.05) is 5.43 Å². The molecule has 0 spiro atoms. The Bertz CT molecular complexity index is 625. The van der Waals surface area contributed by atoms with Gasteiger partial charge < -0.3 is 5.43 Å². The summed E-state index contributed by atoms with van der Waals surface area (Å²) in [4.78, 5) is 4.68. The van der Waals surface area contributed by atoms with E-state index < -0.39 is 0 Å². The third-order valence-electron chi connectivity index (χ3n) is 3.43. The molecule has 0 unspecified atom stereocenters. The monoisotopic (exact) mass is 281 g/mol. The predicted molar refractivity (Wildman–Crippen MR) is 76.2 cm³/mol. The summed E-state index contributed by atoms with van der Waals surface area (Å²) in [5.41, 5.74) is 6.79. The zero-order valence-electron chi connectivity index (χ0n) is 9.76. The van der Waals surface area contributed by atoms with Crippen LogP contribution in [0.1, 0.15) is 24.1 Å². The molecule has 0 aliphatic heterocycles. The maximum Gasteiger partial charge on any atom is 0.0913 e. The molecule has 1 heterocycles. The van der Waals surface area contributed by atoms with Crippen LogP contribution in [0.3, 0.4) is 0 Å². The Morgan fingerprint density at radius 2 is 1.94 bits per heavy atom. The van der Waals surface area contributed by atoms with Crippen molar-refractivity contribution in [2.24, 2.45) is 5.84 Å². The van der Waals surface area contributed by atoms with E-state index in [1.54, 1.807) is 6.07 Å². The second kappa shape index (κ2) is 4.57. The Morgan fingerprint density at radius 1 is 1.17 bits per heavy atom. The number of hydrogen-bond acceptors (Lipinski definition) is 3. The SMILES string of the molecule is NNc1c2c(nc3c(Cl)cc(Cl)cc13)CCCC2. The lowest BCUT2D eigenvalue weighted by atomic mass is 9.93. The van der Waals surface area contributed by atoms with Crippen molar-refractivity contribution in [3.63, 3.8) is 0 Å². The quantitative estimate of drug-likeness (QED) is 0.619. The number of halogens is 2. The van der Waals surface area contributed by atoms with E-state index >= 15 is 0 Å². The Balaban J connectivity index is 2.40. The highest BCUT2D eigenvalue weighted by Crippen LogP contribution is 2.36. The Hall–Kier alpha value is -1.03. The third-order valence-corrected chi connectivity index (χ3v) is 3.94. The minimum Gasteiger partial charge on any atom is -0.323 e. The smallest absolute Gasteiger partial charge is 0.0913 e. The standard InChI is InChI=1S/C13H13Cl2N3/c14-7-5-9-12(18-16)8-3-1-2-4-11(8)17-13(9)10(15)6-7/h5-6H,1-4,16H2,(H,17,18). The second-order valence-electron chi connectivity index (χ2n) is 4.55. The van der Waals surface area contributed by atoms with Crippen LogP contribution in [0, 0.1) is 0 Å². The molecule has 1 aromatic heterocycles. The van der Waals surface area contributed by atoms with E-state index in [1.807, 2.05) is 6.07 Å². The molecule has 94 valence electrons. The molecular weight excluding hydrogens is 269 g/mol. The number of hydrogen-bond donors (Lipinski definition) is 2. The normalized spacial score (nSPS) is 14.6. The molecule has 0 radical (unpaired) electrons. The van der Waals surface area contributed by atoms with Gasteiger partial charge in [-0.3, -0.25) is 10.8 Å². The van der Waals surface area contributed by atoms with Gasteiger partial charge in [-0.1, -0.05) is 23.2 Å². The van der Waals surface area contributed by atoms with Crippen LogP contribution in [0.2, 0.25) is 10.0 Å². The van der Waals surface area contributed by atoms with Gasteiger partial charge in [0.05, 0.1) is 16.2 Å². The second-order valence-corrected chi connectivity index (χ2v) is 5.39. The van der Waals surface area contributed by atoms with Crippen LogP contribution < -0.4 is 11.3 Å². The van der Waals surface area contributed by atoms with E-state index in [9.17, 15) is 0 Å². The summed E-state index contributed by atoms with van der Waals surface area (Å²) in [7, 11) is 0. The first-order chi connectivity index (χ1) is 8.70. The van der Waals surface area contributed by atoms with E-state index in [1.165, 1.54) is 18.4 Å². The van der Waals surface area contributed by atoms with Gasteiger partial charge in [-0.25, -0.2) is 0 Å². The number of fused-ring (bicyclic) bond motifs is 2. The molecule has 0 amide bonds. The molecule has 18 heavy (non-hydrogen) atoms. The molecule has 1 aromatic carbocycles. The summed E-state index contributed by atoms with van der Waals surface area (Å²) < 4.78 is 0. The number of nitrogens with two attached hydrogens (primary N) is 1. The fourth-order valence-electron chi connectivity index (χ4n) is 2.61. The Morgan fingerprint density at radius 3 is 2.72 bits per heavy atom. The lowest BCUT2D eigenvalue weighted by Gasteiger charge is -2.20. The van der Waals surface area contributed by atoms with Gasteiger partial charge in [0.1, 0.15) is 0 Å². The zero-order chi connectivity index (χ0) is 12.7. The Labute approximate surface area is 115 Å². The largest absolute Gasteiger partial charge is 0.323 e. The molecule has 1 aliphatic rings. The van der Waals surface area contributed by atoms with Crippen molar-refractivity contribution in [1.29, 1.82) is 0 Å². The van der Waals surface area contributed by atoms with Gasteiger partial charge in [0.25, 0.3) is 0 Å². The average Bonchev–Trinajstić information content (AvgIpc) is 2.36. The Kier molecular flexibility index (Phi) is 3.06. The molecule has 2 aromatic rings. The van der Waals surface area contributed by atoms with Gasteiger partial charge in [0, 0.05) is 16.1 Å². The van der Waals surface area contributed by atoms with Crippen molar-refractivity contribution in [3.05, 3.63) is 33.4 Å². The number of pyridine rings is 1. The summed E-state index contributed by atoms with van der Waals surface area (Å²) in [5.74, 6) is 5.68. The fourth-order valence-corrected chi connectivity index (χ4v) is 3.15. The molecule has 0 saturated carbocycles. The van der Waals surface area contributed by atoms with Crippen molar-refractivity contribution in [2.45, 2.75) is 25.7 Å². The summed E-state index contributed by atoms with van der Waals surface area (Å²) >= 11 is 12.3. The summed E-state index contributed by atoms with van der Waals surface area (Å²) in [6.07, 6.45) is 4.32. The van der Waals surface area contributed by atoms with Crippen LogP contribution in [0.4, 0.5) is 5.69 Å². The van der Waals surface area contributed by atoms with Crippen LogP contribution in [0.15, 0.2) is 12.1 Å². The topological polar surface area (TPSA) is 50.9 Å². The first kappa shape index (κ1) is 12.0. The van der Waals surface area contributed by atoms with Gasteiger partial charge in [-0.05, 0) is 43.4 Å². The summed E-state index contributed by atoms with van der Waals surface area (Å²) in [6.45, 7) is 0. The fraction of sp³-hybridized carbons (Fsp3) is 0.308. The third kappa shape index (κ3) is 1.83. The van der Waals surface area contributed by atoms with Gasteiger partial charge in [0.15, 0.2) is 0 Å². The minimum absolute atomic E-state index is 0.572. The van der Waals surface area contributed by atoms with Gasteiger partial charge in [-0.15, -0.1) is 0 Å². The van der Waals surface area contributed by atoms with Crippen LogP contribution in [-0.2, 0) is 12.8 Å². The van der Waals surface area contributed by atoms with E-state index in [0.29, 0.717) is 10.0 Å². The highest BCUT2D eigenvalue weighted by Gasteiger charge is 2.19. The molecule has 1 aliphatic carbocycles. The molecule has 0 atom stereocenters. The van der Waals surface area contributed by atoms with Crippen LogP contribution in [0.5, 0.6) is 0 Å². The van der Waals surface area contributed by atoms with Crippen molar-refractivity contribution < 1.29 is 0 Å².